The van der Waals surface area contributed by atoms with Gasteiger partial charge in [-0.15, -0.1) is 0 Å². The molecule has 6 heteroatoms. The van der Waals surface area contributed by atoms with Crippen LogP contribution in [0.5, 0.6) is 0 Å². The molecule has 5 atom stereocenters. The second kappa shape index (κ2) is 12.2. The van der Waals surface area contributed by atoms with Gasteiger partial charge in [0.15, 0.2) is 0 Å². The Hall–Kier alpha value is -1.34. The standard InChI is InChI=1S/C26H38O5S/c1-17(2)31-25(30)12-6-4-3-5-11-21-22(27)15-23(28)26(21)32-16-24(29)20-13-18-9-7-8-10-19(18)14-20/h3,5,7-10,17,20-24,26-29H,4,6,11-16H2,1-2H3/b5-3-/t21-,22-,23+,24+,26+/m0/s1. The first-order valence-electron chi connectivity index (χ1n) is 11.9. The third kappa shape index (κ3) is 7.08. The molecule has 2 aliphatic carbocycles. The summed E-state index contributed by atoms with van der Waals surface area (Å²) >= 11 is 1.60. The average molecular weight is 463 g/mol. The summed E-state index contributed by atoms with van der Waals surface area (Å²) < 4.78 is 5.13. The van der Waals surface area contributed by atoms with Crippen molar-refractivity contribution in [2.45, 2.75) is 88.5 Å². The molecule has 1 aromatic carbocycles. The van der Waals surface area contributed by atoms with Gasteiger partial charge in [-0.05, 0) is 63.0 Å². The molecule has 0 heterocycles. The van der Waals surface area contributed by atoms with Crippen LogP contribution < -0.4 is 0 Å². The zero-order valence-corrected chi connectivity index (χ0v) is 20.0. The van der Waals surface area contributed by atoms with Crippen molar-refractivity contribution >= 4 is 17.7 Å². The Morgan fingerprint density at radius 1 is 1.16 bits per heavy atom. The maximum absolute atomic E-state index is 11.6. The minimum absolute atomic E-state index is 0.0230. The van der Waals surface area contributed by atoms with E-state index in [1.165, 1.54) is 11.1 Å². The van der Waals surface area contributed by atoms with Crippen LogP contribution in [0, 0.1) is 11.8 Å². The molecular weight excluding hydrogens is 424 g/mol. The summed E-state index contributed by atoms with van der Waals surface area (Å²) in [6.07, 6.45) is 7.37. The van der Waals surface area contributed by atoms with E-state index in [2.05, 4.69) is 18.2 Å². The zero-order chi connectivity index (χ0) is 23.1. The van der Waals surface area contributed by atoms with Gasteiger partial charge in [0.1, 0.15) is 0 Å². The van der Waals surface area contributed by atoms with Crippen LogP contribution >= 0.6 is 11.8 Å². The van der Waals surface area contributed by atoms with Crippen molar-refractivity contribution in [2.75, 3.05) is 5.75 Å². The van der Waals surface area contributed by atoms with Crippen molar-refractivity contribution < 1.29 is 24.9 Å². The molecule has 0 spiro atoms. The maximum atomic E-state index is 11.6. The summed E-state index contributed by atoms with van der Waals surface area (Å²) in [4.78, 5) is 11.6. The van der Waals surface area contributed by atoms with Crippen LogP contribution in [0.2, 0.25) is 0 Å². The van der Waals surface area contributed by atoms with Gasteiger partial charge in [-0.25, -0.2) is 0 Å². The largest absolute Gasteiger partial charge is 0.463 e. The van der Waals surface area contributed by atoms with E-state index in [1.54, 1.807) is 11.8 Å². The number of carbonyl (C=O) groups is 1. The number of aliphatic hydroxyl groups is 3. The van der Waals surface area contributed by atoms with Crippen molar-refractivity contribution in [1.82, 2.24) is 0 Å². The summed E-state index contributed by atoms with van der Waals surface area (Å²) in [6, 6.07) is 8.38. The number of thioether (sulfide) groups is 1. The van der Waals surface area contributed by atoms with Crippen molar-refractivity contribution in [3.63, 3.8) is 0 Å². The van der Waals surface area contributed by atoms with Gasteiger partial charge in [0.25, 0.3) is 0 Å². The highest BCUT2D eigenvalue weighted by atomic mass is 32.2. The van der Waals surface area contributed by atoms with E-state index < -0.39 is 18.3 Å². The van der Waals surface area contributed by atoms with Crippen LogP contribution in [0.25, 0.3) is 0 Å². The minimum Gasteiger partial charge on any atom is -0.463 e. The van der Waals surface area contributed by atoms with Crippen molar-refractivity contribution in [3.8, 4) is 0 Å². The quantitative estimate of drug-likeness (QED) is 0.264. The molecule has 1 fully saturated rings. The summed E-state index contributed by atoms with van der Waals surface area (Å²) in [5, 5.41) is 31.6. The number of benzene rings is 1. The number of hydrogen-bond donors (Lipinski definition) is 3. The lowest BCUT2D eigenvalue weighted by Gasteiger charge is -2.25. The first kappa shape index (κ1) is 25.3. The summed E-state index contributed by atoms with van der Waals surface area (Å²) in [5.74, 6) is 0.614. The van der Waals surface area contributed by atoms with Gasteiger partial charge in [-0.2, -0.15) is 11.8 Å². The zero-order valence-electron chi connectivity index (χ0n) is 19.2. The molecule has 5 nitrogen and oxygen atoms in total. The highest BCUT2D eigenvalue weighted by Crippen LogP contribution is 2.39. The second-order valence-corrected chi connectivity index (χ2v) is 10.7. The van der Waals surface area contributed by atoms with E-state index in [4.69, 9.17) is 4.74 Å². The fraction of sp³-hybridized carbons (Fsp3) is 0.654. The van der Waals surface area contributed by atoms with Crippen molar-refractivity contribution in [3.05, 3.63) is 47.5 Å². The molecule has 178 valence electrons. The SMILES string of the molecule is CC(C)OC(=O)CCC/C=C\C[C@@H]1[C@@H](SC[C@@H](O)C2Cc3ccccc3C2)[C@H](O)C[C@@H]1O. The summed E-state index contributed by atoms with van der Waals surface area (Å²) in [7, 11) is 0. The van der Waals surface area contributed by atoms with E-state index in [0.717, 1.165) is 25.7 Å². The van der Waals surface area contributed by atoms with Gasteiger partial charge in [0.2, 0.25) is 0 Å². The van der Waals surface area contributed by atoms with Crippen molar-refractivity contribution in [2.24, 2.45) is 11.8 Å². The lowest BCUT2D eigenvalue weighted by molar-refractivity contribution is -0.147. The van der Waals surface area contributed by atoms with Gasteiger partial charge in [-0.3, -0.25) is 4.79 Å². The van der Waals surface area contributed by atoms with Crippen LogP contribution in [0.3, 0.4) is 0 Å². The fourth-order valence-corrected chi connectivity index (χ4v) is 6.42. The Morgan fingerprint density at radius 2 is 1.84 bits per heavy atom. The van der Waals surface area contributed by atoms with Crippen LogP contribution in [-0.4, -0.2) is 56.7 Å². The predicted octanol–water partition coefficient (Wildman–Crippen LogP) is 3.67. The Bertz CT molecular complexity index is 739. The van der Waals surface area contributed by atoms with Gasteiger partial charge in [-0.1, -0.05) is 36.4 Å². The van der Waals surface area contributed by atoms with E-state index in [0.29, 0.717) is 25.0 Å². The molecule has 3 N–H and O–H groups in total. The van der Waals surface area contributed by atoms with Crippen LogP contribution in [0.15, 0.2) is 36.4 Å². The predicted molar refractivity (Wildman–Crippen MR) is 129 cm³/mol. The summed E-state index contributed by atoms with van der Waals surface area (Å²) in [5.41, 5.74) is 2.66. The van der Waals surface area contributed by atoms with E-state index in [1.807, 2.05) is 32.1 Å². The first-order chi connectivity index (χ1) is 15.3. The third-order valence-corrected chi connectivity index (χ3v) is 8.14. The Morgan fingerprint density at radius 3 is 2.50 bits per heavy atom. The molecule has 3 rings (SSSR count). The molecule has 0 unspecified atom stereocenters. The van der Waals surface area contributed by atoms with Gasteiger partial charge < -0.3 is 20.1 Å². The number of aliphatic hydroxyl groups excluding tert-OH is 3. The Kier molecular flexibility index (Phi) is 9.65. The number of rotatable bonds is 11. The molecule has 0 amide bonds. The average Bonchev–Trinajstić information content (AvgIpc) is 3.29. The minimum atomic E-state index is -0.549. The third-order valence-electron chi connectivity index (χ3n) is 6.56. The van der Waals surface area contributed by atoms with Gasteiger partial charge >= 0.3 is 5.97 Å². The molecule has 1 saturated carbocycles. The second-order valence-electron chi connectivity index (χ2n) is 9.47. The molecule has 2 aliphatic rings. The Balaban J connectivity index is 1.41. The van der Waals surface area contributed by atoms with E-state index in [9.17, 15) is 20.1 Å². The lowest BCUT2D eigenvalue weighted by atomic mass is 10.0. The van der Waals surface area contributed by atoms with E-state index >= 15 is 0 Å². The number of allylic oxidation sites excluding steroid dienone is 2. The highest BCUT2D eigenvalue weighted by molar-refractivity contribution is 8.00. The molecular formula is C26H38O5S. The molecule has 0 aromatic heterocycles. The van der Waals surface area contributed by atoms with E-state index in [-0.39, 0.29) is 29.2 Å². The topological polar surface area (TPSA) is 87.0 Å². The number of fused-ring (bicyclic) bond motifs is 1. The molecule has 0 saturated heterocycles. The van der Waals surface area contributed by atoms with Gasteiger partial charge in [0, 0.05) is 29.8 Å². The smallest absolute Gasteiger partial charge is 0.306 e. The Labute approximate surface area is 196 Å². The number of esters is 1. The molecule has 0 aliphatic heterocycles. The van der Waals surface area contributed by atoms with Crippen LogP contribution in [-0.2, 0) is 22.4 Å². The van der Waals surface area contributed by atoms with Gasteiger partial charge in [0.05, 0.1) is 24.4 Å². The first-order valence-corrected chi connectivity index (χ1v) is 13.0. The summed E-state index contributed by atoms with van der Waals surface area (Å²) in [6.45, 7) is 3.69. The normalized spacial score (nSPS) is 26.7. The highest BCUT2D eigenvalue weighted by Gasteiger charge is 2.41. The molecule has 0 bridgehead atoms. The number of ether oxygens (including phenoxy) is 1. The molecule has 1 aromatic rings. The van der Waals surface area contributed by atoms with Crippen LogP contribution in [0.1, 0.15) is 57.1 Å². The van der Waals surface area contributed by atoms with Crippen LogP contribution in [0.4, 0.5) is 0 Å². The monoisotopic (exact) mass is 462 g/mol. The fourth-order valence-electron chi connectivity index (χ4n) is 4.85. The maximum Gasteiger partial charge on any atom is 0.306 e. The molecule has 0 radical (unpaired) electrons. The van der Waals surface area contributed by atoms with Crippen molar-refractivity contribution in [1.29, 1.82) is 0 Å². The number of unbranched alkanes of at least 4 members (excludes halogenated alkanes) is 1. The lowest BCUT2D eigenvalue weighted by Crippen LogP contribution is -2.29. The number of carbonyl (C=O) groups excluding carboxylic acids is 1. The molecule has 32 heavy (non-hydrogen) atoms. The number of hydrogen-bond acceptors (Lipinski definition) is 6.